The SMILES string of the molecule is CN1CN(CC(=O)c2ccco2)C(=O)C(C)(C2=CCCCC2)C1=O. The minimum atomic E-state index is -1.20. The smallest absolute Gasteiger partial charge is 0.243 e. The van der Waals surface area contributed by atoms with E-state index in [0.29, 0.717) is 0 Å². The second kappa shape index (κ2) is 6.26. The summed E-state index contributed by atoms with van der Waals surface area (Å²) in [7, 11) is 1.67. The number of rotatable bonds is 4. The standard InChI is InChI=1S/C18H22N2O4/c1-18(13-7-4-3-5-8-13)16(22)19(2)12-20(17(18)23)11-14(21)15-9-6-10-24-15/h6-7,9-10H,3-5,8,11-12H2,1-2H3. The molecule has 2 amide bonds. The van der Waals surface area contributed by atoms with Gasteiger partial charge in [-0.15, -0.1) is 0 Å². The van der Waals surface area contributed by atoms with Gasteiger partial charge >= 0.3 is 0 Å². The molecule has 1 aromatic rings. The third-order valence-corrected chi connectivity index (χ3v) is 4.94. The van der Waals surface area contributed by atoms with Gasteiger partial charge in [-0.2, -0.15) is 0 Å². The van der Waals surface area contributed by atoms with Gasteiger partial charge in [0.15, 0.2) is 5.76 Å². The Morgan fingerprint density at radius 2 is 2.08 bits per heavy atom. The molecule has 2 heterocycles. The monoisotopic (exact) mass is 330 g/mol. The molecule has 24 heavy (non-hydrogen) atoms. The number of hydrogen-bond donors (Lipinski definition) is 0. The molecule has 1 aromatic heterocycles. The van der Waals surface area contributed by atoms with Crippen LogP contribution in [0.2, 0.25) is 0 Å². The molecular weight excluding hydrogens is 308 g/mol. The lowest BCUT2D eigenvalue weighted by Crippen LogP contribution is -2.62. The van der Waals surface area contributed by atoms with Gasteiger partial charge in [-0.25, -0.2) is 0 Å². The quantitative estimate of drug-likeness (QED) is 0.482. The maximum absolute atomic E-state index is 13.1. The summed E-state index contributed by atoms with van der Waals surface area (Å²) in [6, 6.07) is 3.21. The molecule has 1 saturated heterocycles. The predicted octanol–water partition coefficient (Wildman–Crippen LogP) is 2.23. The van der Waals surface area contributed by atoms with Crippen LogP contribution in [0, 0.1) is 5.41 Å². The zero-order chi connectivity index (χ0) is 17.3. The number of carbonyl (C=O) groups excluding carboxylic acids is 3. The van der Waals surface area contributed by atoms with E-state index < -0.39 is 5.41 Å². The molecule has 1 aliphatic carbocycles. The lowest BCUT2D eigenvalue weighted by Gasteiger charge is -2.44. The Hall–Kier alpha value is -2.37. The molecule has 0 aromatic carbocycles. The highest BCUT2D eigenvalue weighted by molar-refractivity contribution is 6.10. The van der Waals surface area contributed by atoms with Crippen molar-refractivity contribution in [3.8, 4) is 0 Å². The van der Waals surface area contributed by atoms with Crippen molar-refractivity contribution in [1.82, 2.24) is 9.80 Å². The number of amides is 2. The molecule has 0 bridgehead atoms. The topological polar surface area (TPSA) is 70.8 Å². The Morgan fingerprint density at radius 3 is 2.71 bits per heavy atom. The van der Waals surface area contributed by atoms with Crippen molar-refractivity contribution in [2.24, 2.45) is 5.41 Å². The van der Waals surface area contributed by atoms with E-state index in [1.54, 1.807) is 26.1 Å². The Labute approximate surface area is 141 Å². The van der Waals surface area contributed by atoms with E-state index in [-0.39, 0.29) is 36.6 Å². The zero-order valence-electron chi connectivity index (χ0n) is 14.1. The third-order valence-electron chi connectivity index (χ3n) is 4.94. The second-order valence-electron chi connectivity index (χ2n) is 6.65. The van der Waals surface area contributed by atoms with E-state index in [0.717, 1.165) is 31.3 Å². The van der Waals surface area contributed by atoms with Crippen molar-refractivity contribution in [2.75, 3.05) is 20.3 Å². The van der Waals surface area contributed by atoms with Gasteiger partial charge in [-0.3, -0.25) is 14.4 Å². The van der Waals surface area contributed by atoms with Crippen LogP contribution in [0.1, 0.15) is 43.2 Å². The lowest BCUT2D eigenvalue weighted by atomic mass is 9.74. The first-order valence-electron chi connectivity index (χ1n) is 8.25. The molecule has 3 rings (SSSR count). The fourth-order valence-corrected chi connectivity index (χ4v) is 3.55. The summed E-state index contributed by atoms with van der Waals surface area (Å²) in [5.41, 5.74) is -0.317. The maximum Gasteiger partial charge on any atom is 0.243 e. The second-order valence-corrected chi connectivity index (χ2v) is 6.65. The Kier molecular flexibility index (Phi) is 4.30. The first-order valence-corrected chi connectivity index (χ1v) is 8.25. The number of furan rings is 1. The Balaban J connectivity index is 1.87. The summed E-state index contributed by atoms with van der Waals surface area (Å²) >= 11 is 0. The normalized spacial score (nSPS) is 25.0. The summed E-state index contributed by atoms with van der Waals surface area (Å²) in [6.07, 6.45) is 7.15. The van der Waals surface area contributed by atoms with Gasteiger partial charge in [0.25, 0.3) is 0 Å². The van der Waals surface area contributed by atoms with Gasteiger partial charge in [0.2, 0.25) is 17.6 Å². The number of nitrogens with zero attached hydrogens (tertiary/aromatic N) is 2. The average Bonchev–Trinajstić information content (AvgIpc) is 3.13. The minimum Gasteiger partial charge on any atom is -0.461 e. The van der Waals surface area contributed by atoms with Crippen molar-refractivity contribution in [3.63, 3.8) is 0 Å². The highest BCUT2D eigenvalue weighted by atomic mass is 16.3. The number of carbonyl (C=O) groups is 3. The van der Waals surface area contributed by atoms with Crippen LogP contribution in [0.3, 0.4) is 0 Å². The van der Waals surface area contributed by atoms with Gasteiger partial charge in [-0.05, 0) is 50.3 Å². The molecule has 1 atom stereocenters. The van der Waals surface area contributed by atoms with Gasteiger partial charge in [0.1, 0.15) is 5.41 Å². The number of Topliss-reactive ketones (excluding diaryl/α,β-unsaturated/α-hetero) is 1. The largest absolute Gasteiger partial charge is 0.461 e. The zero-order valence-corrected chi connectivity index (χ0v) is 14.1. The molecule has 2 aliphatic rings. The molecule has 0 saturated carbocycles. The van der Waals surface area contributed by atoms with Crippen LogP contribution in [0.25, 0.3) is 0 Å². The van der Waals surface area contributed by atoms with Gasteiger partial charge in [0, 0.05) is 7.05 Å². The van der Waals surface area contributed by atoms with Gasteiger partial charge < -0.3 is 14.2 Å². The first kappa shape index (κ1) is 16.5. The van der Waals surface area contributed by atoms with Crippen molar-refractivity contribution < 1.29 is 18.8 Å². The molecular formula is C18H22N2O4. The summed E-state index contributed by atoms with van der Waals surface area (Å²) in [6.45, 7) is 1.72. The van der Waals surface area contributed by atoms with Crippen molar-refractivity contribution in [3.05, 3.63) is 35.8 Å². The number of hydrogen-bond acceptors (Lipinski definition) is 4. The van der Waals surface area contributed by atoms with Crippen molar-refractivity contribution in [2.45, 2.75) is 32.6 Å². The van der Waals surface area contributed by atoms with E-state index in [1.807, 2.05) is 6.08 Å². The third kappa shape index (κ3) is 2.66. The van der Waals surface area contributed by atoms with E-state index in [9.17, 15) is 14.4 Å². The summed E-state index contributed by atoms with van der Waals surface area (Å²) in [5.74, 6) is -0.530. The Morgan fingerprint density at radius 1 is 1.29 bits per heavy atom. The molecule has 128 valence electrons. The van der Waals surface area contributed by atoms with Crippen LogP contribution in [0.4, 0.5) is 0 Å². The Bertz CT molecular complexity index is 692. The summed E-state index contributed by atoms with van der Waals surface area (Å²) in [4.78, 5) is 41.1. The maximum atomic E-state index is 13.1. The average molecular weight is 330 g/mol. The molecule has 1 aliphatic heterocycles. The van der Waals surface area contributed by atoms with Crippen LogP contribution in [0.15, 0.2) is 34.5 Å². The van der Waals surface area contributed by atoms with Crippen molar-refractivity contribution >= 4 is 17.6 Å². The lowest BCUT2D eigenvalue weighted by molar-refractivity contribution is -0.162. The minimum absolute atomic E-state index is 0.0904. The highest BCUT2D eigenvalue weighted by Gasteiger charge is 2.51. The summed E-state index contributed by atoms with van der Waals surface area (Å²) in [5, 5.41) is 0. The van der Waals surface area contributed by atoms with Crippen LogP contribution in [-0.2, 0) is 9.59 Å². The van der Waals surface area contributed by atoms with Crippen molar-refractivity contribution in [1.29, 1.82) is 0 Å². The van der Waals surface area contributed by atoms with Gasteiger partial charge in [-0.1, -0.05) is 6.08 Å². The van der Waals surface area contributed by atoms with Crippen LogP contribution >= 0.6 is 0 Å². The molecule has 0 radical (unpaired) electrons. The first-order chi connectivity index (χ1) is 11.4. The highest BCUT2D eigenvalue weighted by Crippen LogP contribution is 2.39. The fourth-order valence-electron chi connectivity index (χ4n) is 3.55. The predicted molar refractivity (Wildman–Crippen MR) is 87.0 cm³/mol. The van der Waals surface area contributed by atoms with E-state index in [2.05, 4.69) is 0 Å². The van der Waals surface area contributed by atoms with E-state index in [4.69, 9.17) is 4.42 Å². The number of ketones is 1. The number of allylic oxidation sites excluding steroid dienone is 1. The molecule has 1 fully saturated rings. The molecule has 0 spiro atoms. The van der Waals surface area contributed by atoms with E-state index >= 15 is 0 Å². The van der Waals surface area contributed by atoms with Crippen LogP contribution in [-0.4, -0.2) is 47.7 Å². The summed E-state index contributed by atoms with van der Waals surface area (Å²) < 4.78 is 5.11. The van der Waals surface area contributed by atoms with Crippen LogP contribution < -0.4 is 0 Å². The van der Waals surface area contributed by atoms with E-state index in [1.165, 1.54) is 16.1 Å². The molecule has 0 N–H and O–H groups in total. The molecule has 6 heteroatoms. The fraction of sp³-hybridized carbons (Fsp3) is 0.500. The van der Waals surface area contributed by atoms with Crippen LogP contribution in [0.5, 0.6) is 0 Å². The molecule has 1 unspecified atom stereocenters. The molecule has 6 nitrogen and oxygen atoms in total. The van der Waals surface area contributed by atoms with Gasteiger partial charge in [0.05, 0.1) is 19.5 Å².